The van der Waals surface area contributed by atoms with Crippen molar-refractivity contribution >= 4 is 27.8 Å². The number of hydrogen-bond donors (Lipinski definition) is 1. The molecule has 0 unspecified atom stereocenters. The zero-order valence-electron chi connectivity index (χ0n) is 9.27. The second-order valence-corrected chi connectivity index (χ2v) is 3.68. The van der Waals surface area contributed by atoms with Gasteiger partial charge in [0.25, 0.3) is 0 Å². The van der Waals surface area contributed by atoms with Crippen molar-refractivity contribution in [2.75, 3.05) is 7.11 Å². The van der Waals surface area contributed by atoms with E-state index in [0.717, 1.165) is 5.56 Å². The highest BCUT2D eigenvalue weighted by molar-refractivity contribution is 9.11. The van der Waals surface area contributed by atoms with Crippen molar-refractivity contribution in [3.8, 4) is 0 Å². The predicted molar refractivity (Wildman–Crippen MR) is 67.3 cm³/mol. The van der Waals surface area contributed by atoms with Crippen LogP contribution in [0.25, 0.3) is 0 Å². The molecule has 1 aromatic rings. The third kappa shape index (κ3) is 4.40. The second-order valence-electron chi connectivity index (χ2n) is 3.22. The molecule has 0 spiro atoms. The first-order valence-electron chi connectivity index (χ1n) is 4.90. The lowest BCUT2D eigenvalue weighted by Crippen LogP contribution is -2.29. The van der Waals surface area contributed by atoms with Crippen LogP contribution in [0.2, 0.25) is 0 Å². The van der Waals surface area contributed by atoms with E-state index >= 15 is 0 Å². The van der Waals surface area contributed by atoms with Crippen molar-refractivity contribution < 1.29 is 14.3 Å². The van der Waals surface area contributed by atoms with E-state index in [0.29, 0.717) is 0 Å². The monoisotopic (exact) mass is 297 g/mol. The van der Waals surface area contributed by atoms with Gasteiger partial charge in [0.15, 0.2) is 0 Å². The zero-order valence-corrected chi connectivity index (χ0v) is 10.9. The van der Waals surface area contributed by atoms with Crippen LogP contribution in [-0.2, 0) is 20.7 Å². The van der Waals surface area contributed by atoms with Crippen LogP contribution < -0.4 is 5.32 Å². The van der Waals surface area contributed by atoms with Gasteiger partial charge in [-0.1, -0.05) is 46.3 Å². The van der Waals surface area contributed by atoms with Crippen LogP contribution in [0.15, 0.2) is 41.0 Å². The summed E-state index contributed by atoms with van der Waals surface area (Å²) >= 11 is 2.99. The van der Waals surface area contributed by atoms with Crippen LogP contribution in [0.5, 0.6) is 0 Å². The minimum absolute atomic E-state index is 0.0773. The molecule has 1 aromatic carbocycles. The maximum Gasteiger partial charge on any atom is 0.355 e. The number of carbonyl (C=O) groups is 2. The number of rotatable bonds is 4. The van der Waals surface area contributed by atoms with E-state index in [9.17, 15) is 9.59 Å². The summed E-state index contributed by atoms with van der Waals surface area (Å²) in [6.07, 6.45) is 0.210. The summed E-state index contributed by atoms with van der Waals surface area (Å²) in [5.74, 6) is -0.865. The van der Waals surface area contributed by atoms with E-state index in [-0.39, 0.29) is 18.0 Å². The molecular formula is C12H12BrNO3. The summed E-state index contributed by atoms with van der Waals surface area (Å²) in [4.78, 5) is 24.1. The van der Waals surface area contributed by atoms with Gasteiger partial charge in [0, 0.05) is 4.99 Å². The third-order valence-electron chi connectivity index (χ3n) is 2.00. The molecule has 4 nitrogen and oxygen atoms in total. The van der Waals surface area contributed by atoms with Crippen molar-refractivity contribution in [3.63, 3.8) is 0 Å². The molecule has 0 atom stereocenters. The van der Waals surface area contributed by atoms with E-state index in [1.165, 1.54) is 12.1 Å². The fourth-order valence-corrected chi connectivity index (χ4v) is 1.51. The molecule has 0 aliphatic rings. The lowest BCUT2D eigenvalue weighted by Gasteiger charge is -2.06. The van der Waals surface area contributed by atoms with Crippen molar-refractivity contribution in [3.05, 3.63) is 46.6 Å². The van der Waals surface area contributed by atoms with Crippen LogP contribution in [0.3, 0.4) is 0 Å². The first-order valence-corrected chi connectivity index (χ1v) is 5.81. The Kier molecular flexibility index (Phi) is 5.42. The largest absolute Gasteiger partial charge is 0.464 e. The lowest BCUT2D eigenvalue weighted by atomic mass is 10.1. The maximum atomic E-state index is 11.6. The third-order valence-corrected chi connectivity index (χ3v) is 2.45. The summed E-state index contributed by atoms with van der Waals surface area (Å²) in [6, 6.07) is 9.26. The van der Waals surface area contributed by atoms with Gasteiger partial charge in [0.2, 0.25) is 5.91 Å². The van der Waals surface area contributed by atoms with Crippen LogP contribution >= 0.6 is 15.9 Å². The van der Waals surface area contributed by atoms with E-state index in [4.69, 9.17) is 0 Å². The molecule has 0 aliphatic carbocycles. The number of methoxy groups -OCH3 is 1. The number of benzene rings is 1. The van der Waals surface area contributed by atoms with Gasteiger partial charge >= 0.3 is 5.97 Å². The van der Waals surface area contributed by atoms with Crippen LogP contribution in [0.4, 0.5) is 0 Å². The smallest absolute Gasteiger partial charge is 0.355 e. The molecule has 1 rings (SSSR count). The highest BCUT2D eigenvalue weighted by atomic mass is 79.9. The van der Waals surface area contributed by atoms with Crippen LogP contribution in [0.1, 0.15) is 5.56 Å². The molecule has 0 radical (unpaired) electrons. The number of esters is 1. The Bertz CT molecular complexity index is 429. The number of amides is 1. The van der Waals surface area contributed by atoms with Gasteiger partial charge in [-0.25, -0.2) is 4.79 Å². The van der Waals surface area contributed by atoms with Crippen molar-refractivity contribution in [2.45, 2.75) is 6.42 Å². The molecule has 0 saturated heterocycles. The van der Waals surface area contributed by atoms with Crippen LogP contribution in [0, 0.1) is 0 Å². The molecule has 0 aliphatic heterocycles. The van der Waals surface area contributed by atoms with E-state index in [2.05, 4.69) is 26.0 Å². The molecule has 1 N–H and O–H groups in total. The number of halogens is 1. The Morgan fingerprint density at radius 1 is 1.35 bits per heavy atom. The lowest BCUT2D eigenvalue weighted by molar-refractivity contribution is -0.137. The summed E-state index contributed by atoms with van der Waals surface area (Å²) in [5.41, 5.74) is 0.956. The first-order chi connectivity index (χ1) is 8.17. The fraction of sp³-hybridized carbons (Fsp3) is 0.167. The average Bonchev–Trinajstić information content (AvgIpc) is 2.36. The Balaban J connectivity index is 2.58. The topological polar surface area (TPSA) is 55.4 Å². The van der Waals surface area contributed by atoms with Gasteiger partial charge in [-0.3, -0.25) is 4.79 Å². The molecule has 90 valence electrons. The Morgan fingerprint density at radius 2 is 2.00 bits per heavy atom. The SMILES string of the molecule is COC(=O)C(=CBr)NC(=O)Cc1ccccc1. The normalized spacial score (nSPS) is 10.8. The number of ether oxygens (including phenoxy) is 1. The minimum atomic E-state index is -0.594. The highest BCUT2D eigenvalue weighted by Crippen LogP contribution is 2.02. The Morgan fingerprint density at radius 3 is 2.53 bits per heavy atom. The molecule has 17 heavy (non-hydrogen) atoms. The number of nitrogens with one attached hydrogen (secondary N) is 1. The molecule has 0 heterocycles. The predicted octanol–water partition coefficient (Wildman–Crippen LogP) is 1.75. The molecule has 5 heteroatoms. The van der Waals surface area contributed by atoms with E-state index in [1.807, 2.05) is 30.3 Å². The number of hydrogen-bond acceptors (Lipinski definition) is 3. The minimum Gasteiger partial charge on any atom is -0.464 e. The van der Waals surface area contributed by atoms with Gasteiger partial charge in [-0.2, -0.15) is 0 Å². The summed E-state index contributed by atoms with van der Waals surface area (Å²) in [5, 5.41) is 2.47. The van der Waals surface area contributed by atoms with Gasteiger partial charge in [0.05, 0.1) is 13.5 Å². The van der Waals surface area contributed by atoms with Gasteiger partial charge in [-0.15, -0.1) is 0 Å². The summed E-state index contributed by atoms with van der Waals surface area (Å²) in [7, 11) is 1.25. The molecule has 0 fully saturated rings. The van der Waals surface area contributed by atoms with E-state index in [1.54, 1.807) is 0 Å². The van der Waals surface area contributed by atoms with Gasteiger partial charge in [0.1, 0.15) is 5.70 Å². The summed E-state index contributed by atoms with van der Waals surface area (Å²) in [6.45, 7) is 0. The maximum absolute atomic E-state index is 11.6. The molecule has 1 amide bonds. The first kappa shape index (κ1) is 13.4. The molecule has 0 saturated carbocycles. The van der Waals surface area contributed by atoms with Crippen LogP contribution in [-0.4, -0.2) is 19.0 Å². The molecular weight excluding hydrogens is 286 g/mol. The number of carbonyl (C=O) groups excluding carboxylic acids is 2. The second kappa shape index (κ2) is 6.85. The summed E-state index contributed by atoms with van der Waals surface area (Å²) < 4.78 is 4.50. The van der Waals surface area contributed by atoms with Crippen molar-refractivity contribution in [2.24, 2.45) is 0 Å². The highest BCUT2D eigenvalue weighted by Gasteiger charge is 2.12. The zero-order chi connectivity index (χ0) is 12.7. The molecule has 0 aromatic heterocycles. The van der Waals surface area contributed by atoms with Gasteiger partial charge in [-0.05, 0) is 5.56 Å². The Hall–Kier alpha value is -1.62. The average molecular weight is 298 g/mol. The van der Waals surface area contributed by atoms with Crippen molar-refractivity contribution in [1.29, 1.82) is 0 Å². The van der Waals surface area contributed by atoms with E-state index < -0.39 is 5.97 Å². The Labute approximate surface area is 108 Å². The fourth-order valence-electron chi connectivity index (χ4n) is 1.21. The molecule has 0 bridgehead atoms. The van der Waals surface area contributed by atoms with Gasteiger partial charge < -0.3 is 10.1 Å². The quantitative estimate of drug-likeness (QED) is 0.680. The standard InChI is InChI=1S/C12H12BrNO3/c1-17-12(16)10(8-13)14-11(15)7-9-5-3-2-4-6-9/h2-6,8H,7H2,1H3,(H,14,15). The van der Waals surface area contributed by atoms with Crippen molar-refractivity contribution in [1.82, 2.24) is 5.32 Å².